The summed E-state index contributed by atoms with van der Waals surface area (Å²) in [6.45, 7) is 19.6. The molecule has 0 aliphatic rings. The first-order valence-electron chi connectivity index (χ1n) is 27.1. The molecule has 2 rings (SSSR count). The molecule has 2 heterocycles. The molecule has 0 saturated heterocycles. The number of esters is 2. The van der Waals surface area contributed by atoms with Crippen LogP contribution in [0.5, 0.6) is 0 Å². The number of hydrogen-bond acceptors (Lipinski definition) is 12. The van der Waals surface area contributed by atoms with E-state index in [0.29, 0.717) is 44.1 Å². The van der Waals surface area contributed by atoms with E-state index in [-0.39, 0.29) is 44.4 Å². The fourth-order valence-electron chi connectivity index (χ4n) is 7.70. The summed E-state index contributed by atoms with van der Waals surface area (Å²) in [7, 11) is 0. The van der Waals surface area contributed by atoms with E-state index in [1.54, 1.807) is 32.9 Å². The van der Waals surface area contributed by atoms with Crippen LogP contribution in [0.3, 0.4) is 0 Å². The molecule has 0 aliphatic carbocycles. The van der Waals surface area contributed by atoms with Crippen molar-refractivity contribution in [2.75, 3.05) is 26.4 Å². The zero-order valence-corrected chi connectivity index (χ0v) is 44.3. The van der Waals surface area contributed by atoms with Crippen molar-refractivity contribution in [2.24, 2.45) is 5.92 Å². The van der Waals surface area contributed by atoms with Gasteiger partial charge in [0, 0.05) is 19.4 Å². The lowest BCUT2D eigenvalue weighted by Gasteiger charge is -2.21. The highest BCUT2D eigenvalue weighted by molar-refractivity contribution is 5.75. The summed E-state index contributed by atoms with van der Waals surface area (Å²) in [5.74, 6) is 2.48. The van der Waals surface area contributed by atoms with Gasteiger partial charge in [-0.3, -0.25) is 14.9 Å². The molecule has 0 saturated carbocycles. The molecule has 2 aromatic heterocycles. The number of amides is 1. The first kappa shape index (κ1) is 61.3. The van der Waals surface area contributed by atoms with Crippen molar-refractivity contribution in [1.82, 2.24) is 10.6 Å². The molecular weight excluding hydrogens is 877 g/mol. The van der Waals surface area contributed by atoms with Crippen LogP contribution >= 0.6 is 0 Å². The molecule has 0 bridgehead atoms. The molecule has 1 amide bonds. The Kier molecular flexibility index (Phi) is 35.4. The third-order valence-electron chi connectivity index (χ3n) is 12.2. The number of nitrogens with one attached hydrogen (secondary N) is 2. The van der Waals surface area contributed by atoms with Crippen LogP contribution in [-0.2, 0) is 64.2 Å². The highest BCUT2D eigenvalue weighted by Crippen LogP contribution is 2.19. The summed E-state index contributed by atoms with van der Waals surface area (Å²) >= 11 is 0. The van der Waals surface area contributed by atoms with Crippen molar-refractivity contribution in [3.8, 4) is 0 Å². The molecule has 0 radical (unpaired) electrons. The number of carbonyl (C=O) groups excluding carboxylic acids is 3. The summed E-state index contributed by atoms with van der Waals surface area (Å²) < 4.78 is 45.8. The molecule has 0 spiro atoms. The molecule has 5 atom stereocenters. The number of allylic oxidation sites excluding steroid dienone is 1. The van der Waals surface area contributed by atoms with Gasteiger partial charge >= 0.3 is 18.0 Å². The average molecular weight is 973 g/mol. The molecule has 2 N–H and O–H groups in total. The van der Waals surface area contributed by atoms with Crippen molar-refractivity contribution < 1.29 is 51.6 Å². The van der Waals surface area contributed by atoms with E-state index in [0.717, 1.165) is 43.0 Å². The van der Waals surface area contributed by atoms with E-state index in [4.69, 9.17) is 37.3 Å². The van der Waals surface area contributed by atoms with Crippen LogP contribution in [0.2, 0.25) is 0 Å². The topological polar surface area (TPSA) is 157 Å². The number of unbranched alkanes of at least 4 members (excludes halogenated alkanes) is 19. The quantitative estimate of drug-likeness (QED) is 0.0281. The molecule has 69 heavy (non-hydrogen) atoms. The normalized spacial score (nSPS) is 13.6. The van der Waals surface area contributed by atoms with E-state index in [1.807, 2.05) is 26.0 Å². The van der Waals surface area contributed by atoms with Crippen LogP contribution in [0.25, 0.3) is 0 Å². The molecule has 0 aromatic carbocycles. The van der Waals surface area contributed by atoms with Gasteiger partial charge in [-0.05, 0) is 71.2 Å². The maximum absolute atomic E-state index is 12.8. The van der Waals surface area contributed by atoms with Gasteiger partial charge in [-0.1, -0.05) is 149 Å². The lowest BCUT2D eigenvalue weighted by atomic mass is 10.1. The summed E-state index contributed by atoms with van der Waals surface area (Å²) in [6, 6.07) is 6.80. The number of furan rings is 2. The lowest BCUT2D eigenvalue weighted by molar-refractivity contribution is -0.158. The highest BCUT2D eigenvalue weighted by Gasteiger charge is 2.21. The molecule has 13 nitrogen and oxygen atoms in total. The molecule has 5 unspecified atom stereocenters. The van der Waals surface area contributed by atoms with Gasteiger partial charge in [-0.2, -0.15) is 0 Å². The summed E-state index contributed by atoms with van der Waals surface area (Å²) in [4.78, 5) is 37.6. The Morgan fingerprint density at radius 1 is 0.565 bits per heavy atom. The lowest BCUT2D eigenvalue weighted by Crippen LogP contribution is -2.37. The van der Waals surface area contributed by atoms with E-state index < -0.39 is 30.3 Å². The maximum Gasteiger partial charge on any atom is 0.407 e. The summed E-state index contributed by atoms with van der Waals surface area (Å²) in [5.41, 5.74) is 0. The van der Waals surface area contributed by atoms with E-state index in [1.165, 1.54) is 116 Å². The van der Waals surface area contributed by atoms with Crippen molar-refractivity contribution >= 4 is 18.0 Å². The van der Waals surface area contributed by atoms with Crippen molar-refractivity contribution in [2.45, 2.75) is 247 Å². The Balaban J connectivity index is 1.48. The number of carbonyl (C=O) groups is 3. The smallest absolute Gasteiger partial charge is 0.407 e. The van der Waals surface area contributed by atoms with Crippen LogP contribution in [0.4, 0.5) is 4.79 Å². The predicted octanol–water partition coefficient (Wildman–Crippen LogP) is 13.8. The van der Waals surface area contributed by atoms with Gasteiger partial charge in [0.15, 0.2) is 6.61 Å². The molecule has 0 fully saturated rings. The number of aryl methyl sites for hydroxylation is 1. The Morgan fingerprint density at radius 3 is 1.65 bits per heavy atom. The Morgan fingerprint density at radius 2 is 1.04 bits per heavy atom. The van der Waals surface area contributed by atoms with E-state index >= 15 is 0 Å². The first-order chi connectivity index (χ1) is 33.4. The molecule has 396 valence electrons. The van der Waals surface area contributed by atoms with Crippen LogP contribution in [0, 0.1) is 5.92 Å². The monoisotopic (exact) mass is 973 g/mol. The van der Waals surface area contributed by atoms with Crippen LogP contribution < -0.4 is 10.6 Å². The largest absolute Gasteiger partial charge is 0.491 e. The Hall–Kier alpha value is -3.81. The van der Waals surface area contributed by atoms with E-state index in [9.17, 15) is 14.4 Å². The van der Waals surface area contributed by atoms with Crippen LogP contribution in [-0.4, -0.2) is 68.8 Å². The van der Waals surface area contributed by atoms with Gasteiger partial charge in [0.2, 0.25) is 0 Å². The van der Waals surface area contributed by atoms with Gasteiger partial charge in [-0.25, -0.2) is 4.79 Å². The SMILES string of the molecule is C=C(CCCCCCCCCCCCC)OCc1ccc(CCC(C)C(=O)OC(C)COCC(C)OCC(C)OC(=O)C(C)NCc2ccc(COC(=O)NCCCCCCCCCCCC)o2)o1. The zero-order chi connectivity index (χ0) is 50.3. The van der Waals surface area contributed by atoms with Crippen LogP contribution in [0.15, 0.2) is 45.4 Å². The Labute approximate surface area is 417 Å². The van der Waals surface area contributed by atoms with Gasteiger partial charge in [-0.15, -0.1) is 0 Å². The fraction of sp³-hybridized carbons (Fsp3) is 0.768. The second-order valence-electron chi connectivity index (χ2n) is 19.3. The highest BCUT2D eigenvalue weighted by atomic mass is 16.6. The van der Waals surface area contributed by atoms with Gasteiger partial charge in [0.1, 0.15) is 47.9 Å². The van der Waals surface area contributed by atoms with Crippen LogP contribution in [0.1, 0.15) is 219 Å². The minimum Gasteiger partial charge on any atom is -0.491 e. The molecule has 2 aromatic rings. The predicted molar refractivity (Wildman–Crippen MR) is 274 cm³/mol. The van der Waals surface area contributed by atoms with E-state index in [2.05, 4.69) is 31.1 Å². The Bertz CT molecular complexity index is 1610. The number of alkyl carbamates (subject to hydrolysis) is 1. The number of hydrogen-bond donors (Lipinski definition) is 2. The zero-order valence-electron chi connectivity index (χ0n) is 44.3. The maximum atomic E-state index is 12.8. The summed E-state index contributed by atoms with van der Waals surface area (Å²) in [6.07, 6.45) is 27.3. The minimum atomic E-state index is -0.593. The van der Waals surface area contributed by atoms with Gasteiger partial charge < -0.3 is 42.6 Å². The second-order valence-corrected chi connectivity index (χ2v) is 19.3. The third kappa shape index (κ3) is 32.7. The molecule has 13 heteroatoms. The number of rotatable bonds is 45. The van der Waals surface area contributed by atoms with Crippen molar-refractivity contribution in [1.29, 1.82) is 0 Å². The summed E-state index contributed by atoms with van der Waals surface area (Å²) in [5, 5.41) is 5.92. The number of ether oxygens (including phenoxy) is 6. The first-order valence-corrected chi connectivity index (χ1v) is 27.1. The fourth-order valence-corrected chi connectivity index (χ4v) is 7.70. The van der Waals surface area contributed by atoms with Crippen molar-refractivity contribution in [3.63, 3.8) is 0 Å². The molecular formula is C56H96N2O11. The average Bonchev–Trinajstić information content (AvgIpc) is 4.00. The van der Waals surface area contributed by atoms with Crippen molar-refractivity contribution in [3.05, 3.63) is 59.6 Å². The standard InChI is InChI=1S/C56H96N2O11/c1-9-11-13-15-17-19-21-22-24-26-28-30-45(4)64-42-52-35-33-50(68-52)32-31-44(3)54(59)66-47(6)40-62-39-46(5)63-41-48(7)67-55(60)49(8)58-38-51-34-36-53(69-51)43-65-56(61)57-37-29-27-25-23-20-18-16-14-12-10-2/h33-36,44,46-49,58H,4,9-32,37-43H2,1-3,5-8H3,(H,57,61). The minimum absolute atomic E-state index is 0.0251. The molecule has 0 aliphatic heterocycles. The third-order valence-corrected chi connectivity index (χ3v) is 12.2. The van der Waals surface area contributed by atoms with Gasteiger partial charge in [0.25, 0.3) is 0 Å². The van der Waals surface area contributed by atoms with Gasteiger partial charge in [0.05, 0.1) is 44.1 Å². The second kappa shape index (κ2) is 39.9.